The number of nitro groups is 1. The van der Waals surface area contributed by atoms with E-state index in [2.05, 4.69) is 20.8 Å². The highest BCUT2D eigenvalue weighted by Crippen LogP contribution is 2.14. The summed E-state index contributed by atoms with van der Waals surface area (Å²) in [7, 11) is 0. The first-order valence-corrected chi connectivity index (χ1v) is 5.14. The normalized spacial score (nSPS) is 14.5. The van der Waals surface area contributed by atoms with Gasteiger partial charge < -0.3 is 0 Å². The lowest BCUT2D eigenvalue weighted by molar-refractivity contribution is -0.446. The Morgan fingerprint density at radius 3 is 3.06 bits per heavy atom. The second kappa shape index (κ2) is 5.06. The number of rotatable bonds is 3. The average molecular weight is 234 g/mol. The van der Waals surface area contributed by atoms with Gasteiger partial charge in [0, 0.05) is 6.07 Å². The third-order valence-corrected chi connectivity index (χ3v) is 2.24. The van der Waals surface area contributed by atoms with Crippen LogP contribution in [0.2, 0.25) is 0 Å². The van der Waals surface area contributed by atoms with Crippen LogP contribution in [0.1, 0.15) is 5.56 Å². The van der Waals surface area contributed by atoms with Gasteiger partial charge >= 0.3 is 5.96 Å². The van der Waals surface area contributed by atoms with Crippen molar-refractivity contribution in [2.24, 2.45) is 5.10 Å². The maximum Gasteiger partial charge on any atom is 0.367 e. The van der Waals surface area contributed by atoms with Gasteiger partial charge in [0.2, 0.25) is 0 Å². The molecule has 2 rings (SSSR count). The Hall–Kier alpha value is -2.44. The standard InChI is InChI=1S/C10H11N5O2/c16-15(17)9-4-2-1-3-8(9)7-13-14-10-11-5-6-12-10/h1-4,7H,5-6H2,(H2,11,12,14)/p+1/b13-7+. The van der Waals surface area contributed by atoms with Crippen LogP contribution in [-0.4, -0.2) is 30.2 Å². The summed E-state index contributed by atoms with van der Waals surface area (Å²) in [5.74, 6) is 0.708. The van der Waals surface area contributed by atoms with E-state index in [1.165, 1.54) is 12.3 Å². The number of benzene rings is 1. The van der Waals surface area contributed by atoms with Gasteiger partial charge in [-0.1, -0.05) is 12.1 Å². The molecule has 0 spiro atoms. The fourth-order valence-electron chi connectivity index (χ4n) is 1.45. The van der Waals surface area contributed by atoms with E-state index < -0.39 is 4.92 Å². The van der Waals surface area contributed by atoms with Crippen molar-refractivity contribution in [3.05, 3.63) is 39.9 Å². The van der Waals surface area contributed by atoms with Gasteiger partial charge in [-0.05, 0) is 6.07 Å². The molecule has 1 aliphatic rings. The fraction of sp³-hybridized carbons (Fsp3) is 0.200. The summed E-state index contributed by atoms with van der Waals surface area (Å²) in [5.41, 5.74) is 3.24. The molecule has 0 saturated heterocycles. The zero-order chi connectivity index (χ0) is 12.1. The van der Waals surface area contributed by atoms with E-state index >= 15 is 0 Å². The topological polar surface area (TPSA) is 93.5 Å². The van der Waals surface area contributed by atoms with Crippen LogP contribution in [0.25, 0.3) is 0 Å². The largest absolute Gasteiger partial charge is 0.367 e. The van der Waals surface area contributed by atoms with E-state index in [-0.39, 0.29) is 5.69 Å². The molecule has 17 heavy (non-hydrogen) atoms. The smallest absolute Gasteiger partial charge is 0.273 e. The van der Waals surface area contributed by atoms with Gasteiger partial charge in [-0.25, -0.2) is 0 Å². The molecule has 0 aliphatic carbocycles. The SMILES string of the molecule is O=[N+]([O-])c1ccccc1/C=N/NC1=[NH+]CCN1. The van der Waals surface area contributed by atoms with Crippen molar-refractivity contribution in [2.75, 3.05) is 13.1 Å². The van der Waals surface area contributed by atoms with Gasteiger partial charge in [0.1, 0.15) is 0 Å². The molecule has 3 N–H and O–H groups in total. The van der Waals surface area contributed by atoms with Crippen LogP contribution < -0.4 is 15.7 Å². The van der Waals surface area contributed by atoms with Crippen LogP contribution in [0.5, 0.6) is 0 Å². The van der Waals surface area contributed by atoms with Gasteiger partial charge in [-0.15, -0.1) is 5.10 Å². The van der Waals surface area contributed by atoms with Crippen molar-refractivity contribution < 1.29 is 9.92 Å². The lowest BCUT2D eigenvalue weighted by atomic mass is 10.2. The summed E-state index contributed by atoms with van der Waals surface area (Å²) in [6, 6.07) is 6.44. The molecule has 0 atom stereocenters. The van der Waals surface area contributed by atoms with Crippen molar-refractivity contribution in [2.45, 2.75) is 0 Å². The van der Waals surface area contributed by atoms with Crippen LogP contribution in [0.15, 0.2) is 29.4 Å². The lowest BCUT2D eigenvalue weighted by Crippen LogP contribution is -2.73. The molecule has 88 valence electrons. The van der Waals surface area contributed by atoms with Crippen LogP contribution >= 0.6 is 0 Å². The summed E-state index contributed by atoms with van der Waals surface area (Å²) in [6.45, 7) is 1.67. The third-order valence-electron chi connectivity index (χ3n) is 2.24. The molecule has 0 aromatic heterocycles. The molecule has 7 heteroatoms. The number of hydrazone groups is 1. The fourth-order valence-corrected chi connectivity index (χ4v) is 1.45. The van der Waals surface area contributed by atoms with Crippen LogP contribution in [0.3, 0.4) is 0 Å². The Balaban J connectivity index is 2.07. The maximum atomic E-state index is 10.7. The minimum atomic E-state index is -0.430. The van der Waals surface area contributed by atoms with E-state index in [4.69, 9.17) is 0 Å². The predicted octanol–water partition coefficient (Wildman–Crippen LogP) is -1.44. The minimum Gasteiger partial charge on any atom is -0.273 e. The van der Waals surface area contributed by atoms with Crippen LogP contribution in [-0.2, 0) is 0 Å². The first-order valence-electron chi connectivity index (χ1n) is 5.14. The molecule has 1 heterocycles. The summed E-state index contributed by atoms with van der Waals surface area (Å²) in [4.78, 5) is 13.3. The van der Waals surface area contributed by atoms with Crippen molar-refractivity contribution in [3.63, 3.8) is 0 Å². The van der Waals surface area contributed by atoms with Gasteiger partial charge in [-0.2, -0.15) is 5.43 Å². The maximum absolute atomic E-state index is 10.7. The molecule has 0 saturated carbocycles. The van der Waals surface area contributed by atoms with Gasteiger partial charge in [0.15, 0.2) is 0 Å². The Morgan fingerprint density at radius 2 is 2.35 bits per heavy atom. The van der Waals surface area contributed by atoms with Crippen LogP contribution in [0.4, 0.5) is 5.69 Å². The molecule has 0 fully saturated rings. The van der Waals surface area contributed by atoms with Crippen molar-refractivity contribution in [1.29, 1.82) is 0 Å². The molecular weight excluding hydrogens is 222 g/mol. The van der Waals surface area contributed by atoms with E-state index in [0.29, 0.717) is 11.5 Å². The lowest BCUT2D eigenvalue weighted by Gasteiger charge is -1.95. The number of nitrogens with one attached hydrogen (secondary N) is 3. The monoisotopic (exact) mass is 234 g/mol. The molecule has 1 aromatic rings. The molecule has 0 radical (unpaired) electrons. The highest BCUT2D eigenvalue weighted by Gasteiger charge is 2.12. The Morgan fingerprint density at radius 1 is 1.53 bits per heavy atom. The van der Waals surface area contributed by atoms with E-state index in [1.54, 1.807) is 18.2 Å². The van der Waals surface area contributed by atoms with Crippen molar-refractivity contribution >= 4 is 17.9 Å². The second-order valence-corrected chi connectivity index (χ2v) is 3.41. The number of para-hydroxylation sites is 1. The summed E-state index contributed by atoms with van der Waals surface area (Å²) in [5, 5.41) is 17.7. The van der Waals surface area contributed by atoms with Crippen LogP contribution in [0, 0.1) is 10.1 Å². The summed E-state index contributed by atoms with van der Waals surface area (Å²) in [6.07, 6.45) is 1.42. The van der Waals surface area contributed by atoms with Gasteiger partial charge in [0.25, 0.3) is 5.69 Å². The highest BCUT2D eigenvalue weighted by atomic mass is 16.6. The zero-order valence-corrected chi connectivity index (χ0v) is 9.01. The number of guanidine groups is 1. The molecule has 0 bridgehead atoms. The number of hydrogen-bond acceptors (Lipinski definition) is 5. The highest BCUT2D eigenvalue weighted by molar-refractivity contribution is 5.86. The summed E-state index contributed by atoms with van der Waals surface area (Å²) >= 11 is 0. The molecule has 0 unspecified atom stereocenters. The molecule has 7 nitrogen and oxygen atoms in total. The molecular formula is C10H12N5O2+. The van der Waals surface area contributed by atoms with Crippen molar-refractivity contribution in [1.82, 2.24) is 10.7 Å². The number of hydrogen-bond donors (Lipinski definition) is 3. The Kier molecular flexibility index (Phi) is 3.29. The molecule has 1 aromatic carbocycles. The van der Waals surface area contributed by atoms with Crippen molar-refractivity contribution in [3.8, 4) is 0 Å². The molecule has 0 amide bonds. The Labute approximate surface area is 97.4 Å². The predicted molar refractivity (Wildman–Crippen MR) is 62.7 cm³/mol. The zero-order valence-electron chi connectivity index (χ0n) is 9.01. The third kappa shape index (κ3) is 2.77. The molecule has 1 aliphatic heterocycles. The first kappa shape index (κ1) is 11.1. The summed E-state index contributed by atoms with van der Waals surface area (Å²) < 4.78 is 0. The minimum absolute atomic E-state index is 0.0374. The van der Waals surface area contributed by atoms with E-state index in [9.17, 15) is 10.1 Å². The van der Waals surface area contributed by atoms with Gasteiger partial charge in [0.05, 0.1) is 29.8 Å². The second-order valence-electron chi connectivity index (χ2n) is 3.41. The van der Waals surface area contributed by atoms with Gasteiger partial charge in [-0.3, -0.25) is 20.4 Å². The average Bonchev–Trinajstić information content (AvgIpc) is 2.82. The number of nitro benzene ring substituents is 1. The van der Waals surface area contributed by atoms with E-state index in [0.717, 1.165) is 13.1 Å². The first-order chi connectivity index (χ1) is 8.27. The quantitative estimate of drug-likeness (QED) is 0.339. The Bertz CT molecular complexity index is 483. The van der Waals surface area contributed by atoms with E-state index in [1.807, 2.05) is 0 Å². The number of nitrogens with zero attached hydrogens (tertiary/aromatic N) is 2.